The van der Waals surface area contributed by atoms with E-state index in [4.69, 9.17) is 9.47 Å². The monoisotopic (exact) mass is 515 g/mol. The number of esters is 2. The number of ketones is 1. The van der Waals surface area contributed by atoms with Crippen molar-refractivity contribution in [2.45, 2.75) is 0 Å². The summed E-state index contributed by atoms with van der Waals surface area (Å²) in [6.45, 7) is 6.78. The summed E-state index contributed by atoms with van der Waals surface area (Å²) in [4.78, 5) is 37.5. The van der Waals surface area contributed by atoms with Crippen LogP contribution in [-0.4, -0.2) is 17.7 Å². The fourth-order valence-corrected chi connectivity index (χ4v) is 3.69. The van der Waals surface area contributed by atoms with Gasteiger partial charge in [-0.3, -0.25) is 4.79 Å². The Hall–Kier alpha value is -5.49. The Bertz CT molecular complexity index is 1500. The molecule has 39 heavy (non-hydrogen) atoms. The molecular weight excluding hydrogens is 490 g/mol. The molecule has 0 saturated heterocycles. The van der Waals surface area contributed by atoms with Crippen LogP contribution in [0, 0.1) is 0 Å². The second-order valence-corrected chi connectivity index (χ2v) is 8.23. The smallest absolute Gasteiger partial charge is 0.335 e. The summed E-state index contributed by atoms with van der Waals surface area (Å²) in [5.41, 5.74) is 4.06. The second kappa shape index (κ2) is 12.7. The summed E-state index contributed by atoms with van der Waals surface area (Å²) in [7, 11) is 0. The molecule has 0 radical (unpaired) electrons. The van der Waals surface area contributed by atoms with Crippen molar-refractivity contribution in [3.05, 3.63) is 146 Å². The number of carbonyl (C=O) groups excluding carboxylic acids is 3. The van der Waals surface area contributed by atoms with Crippen LogP contribution >= 0.6 is 0 Å². The van der Waals surface area contributed by atoms with E-state index >= 15 is 0 Å². The first-order chi connectivity index (χ1) is 19.0. The van der Waals surface area contributed by atoms with E-state index in [0.29, 0.717) is 17.1 Å². The van der Waals surface area contributed by atoms with E-state index in [2.05, 4.69) is 18.1 Å². The lowest BCUT2D eigenvalue weighted by Gasteiger charge is -2.25. The van der Waals surface area contributed by atoms with Gasteiger partial charge in [0.1, 0.15) is 11.5 Å². The quantitative estimate of drug-likeness (QED) is 0.0960. The van der Waals surface area contributed by atoms with Gasteiger partial charge in [0, 0.05) is 34.8 Å². The van der Waals surface area contributed by atoms with Gasteiger partial charge in [0.05, 0.1) is 0 Å². The van der Waals surface area contributed by atoms with Gasteiger partial charge in [-0.15, -0.1) is 0 Å². The number of para-hydroxylation sites is 1. The molecule has 0 aliphatic rings. The fourth-order valence-electron chi connectivity index (χ4n) is 3.69. The predicted molar refractivity (Wildman–Crippen MR) is 153 cm³/mol. The van der Waals surface area contributed by atoms with Crippen LogP contribution < -0.4 is 14.4 Å². The van der Waals surface area contributed by atoms with Crippen LogP contribution in [0.15, 0.2) is 135 Å². The number of ether oxygens (including phenoxy) is 2. The largest absolute Gasteiger partial charge is 0.423 e. The third kappa shape index (κ3) is 7.05. The number of hydrogen-bond acceptors (Lipinski definition) is 6. The zero-order valence-corrected chi connectivity index (χ0v) is 21.0. The first-order valence-corrected chi connectivity index (χ1v) is 12.0. The Morgan fingerprint density at radius 2 is 1.05 bits per heavy atom. The number of nitrogens with zero attached hydrogens (tertiary/aromatic N) is 1. The maximum Gasteiger partial charge on any atom is 0.335 e. The molecule has 4 rings (SSSR count). The van der Waals surface area contributed by atoms with Crippen molar-refractivity contribution in [2.75, 3.05) is 4.90 Å². The summed E-state index contributed by atoms with van der Waals surface area (Å²) in [6.07, 6.45) is 5.43. The topological polar surface area (TPSA) is 72.9 Å². The van der Waals surface area contributed by atoms with Crippen molar-refractivity contribution < 1.29 is 23.9 Å². The number of anilines is 3. The molecule has 0 saturated carbocycles. The first-order valence-electron chi connectivity index (χ1n) is 12.0. The average molecular weight is 516 g/mol. The van der Waals surface area contributed by atoms with Crippen LogP contribution in [-0.2, 0) is 9.59 Å². The molecular formula is C33H25NO5. The third-order valence-corrected chi connectivity index (χ3v) is 5.60. The molecule has 0 bridgehead atoms. The number of hydrogen-bond donors (Lipinski definition) is 0. The van der Waals surface area contributed by atoms with E-state index in [-0.39, 0.29) is 5.78 Å². The van der Waals surface area contributed by atoms with Crippen molar-refractivity contribution in [3.8, 4) is 11.5 Å². The van der Waals surface area contributed by atoms with Crippen LogP contribution in [0.2, 0.25) is 0 Å². The third-order valence-electron chi connectivity index (χ3n) is 5.60. The van der Waals surface area contributed by atoms with Gasteiger partial charge in [0.25, 0.3) is 0 Å². The molecule has 0 aliphatic heterocycles. The lowest BCUT2D eigenvalue weighted by Crippen LogP contribution is -2.10. The molecule has 0 spiro atoms. The van der Waals surface area contributed by atoms with Crippen molar-refractivity contribution in [1.82, 2.24) is 0 Å². The van der Waals surface area contributed by atoms with E-state index in [1.165, 1.54) is 6.08 Å². The Labute approximate surface area is 226 Å². The summed E-state index contributed by atoms with van der Waals surface area (Å²) in [6, 6.07) is 31.2. The molecule has 0 heterocycles. The normalized spacial score (nSPS) is 10.5. The molecule has 0 aliphatic carbocycles. The van der Waals surface area contributed by atoms with Crippen LogP contribution in [0.5, 0.6) is 11.5 Å². The zero-order valence-electron chi connectivity index (χ0n) is 21.0. The molecule has 0 amide bonds. The number of allylic oxidation sites excluding steroid dienone is 1. The number of rotatable bonds is 10. The van der Waals surface area contributed by atoms with Crippen LogP contribution in [0.25, 0.3) is 6.08 Å². The van der Waals surface area contributed by atoms with Crippen molar-refractivity contribution in [3.63, 3.8) is 0 Å². The second-order valence-electron chi connectivity index (χ2n) is 8.23. The van der Waals surface area contributed by atoms with E-state index in [1.807, 2.05) is 66.7 Å². The molecule has 4 aromatic carbocycles. The minimum atomic E-state index is -0.561. The van der Waals surface area contributed by atoms with Crippen LogP contribution in [0.4, 0.5) is 17.1 Å². The highest BCUT2D eigenvalue weighted by Gasteiger charge is 2.13. The molecule has 6 heteroatoms. The maximum absolute atomic E-state index is 12.6. The summed E-state index contributed by atoms with van der Waals surface area (Å²) < 4.78 is 10.2. The SMILES string of the molecule is C=CC(=O)Oc1ccc(C(=O)C=Cc2ccc(N(c3ccccc3)c3ccc(OC(=O)C=C)cc3)cc2)cc1. The predicted octanol–water partition coefficient (Wildman–Crippen LogP) is 7.24. The first kappa shape index (κ1) is 26.6. The molecule has 4 aromatic rings. The van der Waals surface area contributed by atoms with Gasteiger partial charge in [-0.05, 0) is 84.4 Å². The lowest BCUT2D eigenvalue weighted by atomic mass is 10.1. The van der Waals surface area contributed by atoms with Crippen molar-refractivity contribution in [1.29, 1.82) is 0 Å². The summed E-state index contributed by atoms with van der Waals surface area (Å²) >= 11 is 0. The summed E-state index contributed by atoms with van der Waals surface area (Å²) in [5, 5.41) is 0. The molecule has 6 nitrogen and oxygen atoms in total. The Balaban J connectivity index is 1.51. The van der Waals surface area contributed by atoms with Gasteiger partial charge in [-0.1, -0.05) is 49.6 Å². The Kier molecular flexibility index (Phi) is 8.62. The molecule has 0 aromatic heterocycles. The molecule has 0 atom stereocenters. The molecule has 0 N–H and O–H groups in total. The van der Waals surface area contributed by atoms with Gasteiger partial charge in [-0.2, -0.15) is 0 Å². The highest BCUT2D eigenvalue weighted by Crippen LogP contribution is 2.35. The average Bonchev–Trinajstić information content (AvgIpc) is 2.98. The van der Waals surface area contributed by atoms with Crippen molar-refractivity contribution >= 4 is 40.9 Å². The van der Waals surface area contributed by atoms with Crippen molar-refractivity contribution in [2.24, 2.45) is 0 Å². The lowest BCUT2D eigenvalue weighted by molar-refractivity contribution is -0.129. The van der Waals surface area contributed by atoms with Gasteiger partial charge in [-0.25, -0.2) is 9.59 Å². The Morgan fingerprint density at radius 3 is 1.56 bits per heavy atom. The molecule has 0 fully saturated rings. The number of carbonyl (C=O) groups is 3. The standard InChI is InChI=1S/C33H25NO5/c1-3-32(36)38-29-19-13-25(14-20-29)31(35)23-12-24-10-15-27(16-11-24)34(26-8-6-5-7-9-26)28-17-21-30(22-18-28)39-33(37)4-2/h3-23H,1-2H2. The minimum Gasteiger partial charge on any atom is -0.423 e. The van der Waals surface area contributed by atoms with Gasteiger partial charge < -0.3 is 14.4 Å². The Morgan fingerprint density at radius 1 is 0.590 bits per heavy atom. The van der Waals surface area contributed by atoms with Crippen LogP contribution in [0.1, 0.15) is 15.9 Å². The fraction of sp³-hybridized carbons (Fsp3) is 0. The van der Waals surface area contributed by atoms with E-state index < -0.39 is 11.9 Å². The van der Waals surface area contributed by atoms with E-state index in [1.54, 1.807) is 42.5 Å². The maximum atomic E-state index is 12.6. The highest BCUT2D eigenvalue weighted by atomic mass is 16.5. The summed E-state index contributed by atoms with van der Waals surface area (Å²) in [5.74, 6) is -0.491. The van der Waals surface area contributed by atoms with Gasteiger partial charge in [0.2, 0.25) is 0 Å². The zero-order chi connectivity index (χ0) is 27.6. The van der Waals surface area contributed by atoms with Crippen LogP contribution in [0.3, 0.4) is 0 Å². The number of benzene rings is 4. The minimum absolute atomic E-state index is 0.177. The molecule has 0 unspecified atom stereocenters. The van der Waals surface area contributed by atoms with Gasteiger partial charge in [0.15, 0.2) is 5.78 Å². The van der Waals surface area contributed by atoms with E-state index in [0.717, 1.165) is 34.8 Å². The molecule has 192 valence electrons. The van der Waals surface area contributed by atoms with E-state index in [9.17, 15) is 14.4 Å². The van der Waals surface area contributed by atoms with Gasteiger partial charge >= 0.3 is 11.9 Å². The highest BCUT2D eigenvalue weighted by molar-refractivity contribution is 6.07.